The molecule has 3 fully saturated rings. The van der Waals surface area contributed by atoms with Crippen LogP contribution >= 0.6 is 0 Å². The Bertz CT molecular complexity index is 245. The highest BCUT2D eigenvalue weighted by Crippen LogP contribution is 2.30. The van der Waals surface area contributed by atoms with E-state index in [2.05, 4.69) is 16.7 Å². The zero-order chi connectivity index (χ0) is 11.7. The zero-order valence-electron chi connectivity index (χ0n) is 11.4. The van der Waals surface area contributed by atoms with Crippen LogP contribution in [0.25, 0.3) is 0 Å². The van der Waals surface area contributed by atoms with Crippen molar-refractivity contribution < 1.29 is 0 Å². The second kappa shape index (κ2) is 5.27. The molecule has 0 spiro atoms. The number of fused-ring (bicyclic) bond motifs is 1. The van der Waals surface area contributed by atoms with E-state index in [0.717, 1.165) is 18.0 Å². The van der Waals surface area contributed by atoms with Crippen molar-refractivity contribution >= 4 is 0 Å². The maximum atomic E-state index is 2.85. The molecule has 3 aliphatic rings. The molecule has 2 saturated heterocycles. The Hall–Kier alpha value is -0.0800. The number of rotatable bonds is 3. The van der Waals surface area contributed by atoms with Gasteiger partial charge in [0.15, 0.2) is 0 Å². The molecule has 98 valence electrons. The van der Waals surface area contributed by atoms with Gasteiger partial charge in [0.2, 0.25) is 0 Å². The Morgan fingerprint density at radius 3 is 2.59 bits per heavy atom. The van der Waals surface area contributed by atoms with Crippen molar-refractivity contribution in [2.75, 3.05) is 26.2 Å². The molecule has 2 nitrogen and oxygen atoms in total. The van der Waals surface area contributed by atoms with Crippen molar-refractivity contribution in [1.82, 2.24) is 9.80 Å². The first kappa shape index (κ1) is 12.0. The molecule has 2 aliphatic heterocycles. The first-order valence-corrected chi connectivity index (χ1v) is 7.85. The first-order valence-electron chi connectivity index (χ1n) is 7.85. The maximum absolute atomic E-state index is 2.85. The van der Waals surface area contributed by atoms with E-state index in [1.165, 1.54) is 71.1 Å². The molecule has 3 rings (SSSR count). The molecule has 0 radical (unpaired) electrons. The van der Waals surface area contributed by atoms with Crippen molar-refractivity contribution in [1.29, 1.82) is 0 Å². The molecule has 0 N–H and O–H groups in total. The predicted octanol–water partition coefficient (Wildman–Crippen LogP) is 2.74. The molecule has 1 aliphatic carbocycles. The predicted molar refractivity (Wildman–Crippen MR) is 72.2 cm³/mol. The number of nitrogens with zero attached hydrogens (tertiary/aromatic N) is 2. The quantitative estimate of drug-likeness (QED) is 0.743. The van der Waals surface area contributed by atoms with E-state index in [-0.39, 0.29) is 0 Å². The second-order valence-electron chi connectivity index (χ2n) is 6.46. The molecule has 0 bridgehead atoms. The van der Waals surface area contributed by atoms with Gasteiger partial charge in [0.1, 0.15) is 0 Å². The van der Waals surface area contributed by atoms with Crippen molar-refractivity contribution in [3.8, 4) is 0 Å². The highest BCUT2D eigenvalue weighted by molar-refractivity contribution is 4.92. The molecular formula is C15H28N2. The normalized spacial score (nSPS) is 36.5. The van der Waals surface area contributed by atoms with E-state index in [1.54, 1.807) is 0 Å². The topological polar surface area (TPSA) is 6.48 Å². The van der Waals surface area contributed by atoms with Crippen LogP contribution in [0.2, 0.25) is 0 Å². The SMILES string of the molecule is CCC1CN2CCCC2CN1CC1CCCC1. The van der Waals surface area contributed by atoms with Gasteiger partial charge in [0.05, 0.1) is 0 Å². The van der Waals surface area contributed by atoms with Crippen LogP contribution < -0.4 is 0 Å². The Labute approximate surface area is 106 Å². The first-order chi connectivity index (χ1) is 8.36. The summed E-state index contributed by atoms with van der Waals surface area (Å²) in [5, 5.41) is 0. The molecule has 2 heteroatoms. The Morgan fingerprint density at radius 2 is 1.82 bits per heavy atom. The van der Waals surface area contributed by atoms with E-state index in [1.807, 2.05) is 0 Å². The van der Waals surface area contributed by atoms with Gasteiger partial charge in [0, 0.05) is 31.7 Å². The monoisotopic (exact) mass is 236 g/mol. The Morgan fingerprint density at radius 1 is 1.00 bits per heavy atom. The third kappa shape index (κ3) is 2.53. The average molecular weight is 236 g/mol. The van der Waals surface area contributed by atoms with Gasteiger partial charge >= 0.3 is 0 Å². The van der Waals surface area contributed by atoms with Gasteiger partial charge in [-0.2, -0.15) is 0 Å². The molecule has 2 heterocycles. The van der Waals surface area contributed by atoms with E-state index in [9.17, 15) is 0 Å². The number of hydrogen-bond acceptors (Lipinski definition) is 2. The molecule has 0 aromatic rings. The van der Waals surface area contributed by atoms with Crippen LogP contribution in [0.15, 0.2) is 0 Å². The fourth-order valence-electron chi connectivity index (χ4n) is 4.28. The molecule has 0 aromatic carbocycles. The second-order valence-corrected chi connectivity index (χ2v) is 6.46. The summed E-state index contributed by atoms with van der Waals surface area (Å²) in [4.78, 5) is 5.61. The molecule has 0 amide bonds. The van der Waals surface area contributed by atoms with Gasteiger partial charge in [-0.05, 0) is 44.6 Å². The van der Waals surface area contributed by atoms with Crippen molar-refractivity contribution in [2.24, 2.45) is 5.92 Å². The van der Waals surface area contributed by atoms with Gasteiger partial charge in [0.25, 0.3) is 0 Å². The number of piperazine rings is 1. The van der Waals surface area contributed by atoms with Crippen molar-refractivity contribution in [3.05, 3.63) is 0 Å². The lowest BCUT2D eigenvalue weighted by Gasteiger charge is -2.44. The summed E-state index contributed by atoms with van der Waals surface area (Å²) in [6, 6.07) is 1.75. The highest BCUT2D eigenvalue weighted by atomic mass is 15.3. The summed E-state index contributed by atoms with van der Waals surface area (Å²) >= 11 is 0. The summed E-state index contributed by atoms with van der Waals surface area (Å²) in [6.45, 7) is 7.88. The van der Waals surface area contributed by atoms with Crippen molar-refractivity contribution in [3.63, 3.8) is 0 Å². The van der Waals surface area contributed by atoms with Gasteiger partial charge in [-0.1, -0.05) is 19.8 Å². The van der Waals surface area contributed by atoms with E-state index >= 15 is 0 Å². The Balaban J connectivity index is 1.60. The summed E-state index contributed by atoms with van der Waals surface area (Å²) in [5.41, 5.74) is 0. The highest BCUT2D eigenvalue weighted by Gasteiger charge is 2.36. The lowest BCUT2D eigenvalue weighted by Crippen LogP contribution is -2.56. The fourth-order valence-corrected chi connectivity index (χ4v) is 4.28. The summed E-state index contributed by atoms with van der Waals surface area (Å²) in [6.07, 6.45) is 10.2. The zero-order valence-corrected chi connectivity index (χ0v) is 11.4. The van der Waals surface area contributed by atoms with Crippen LogP contribution in [0, 0.1) is 5.92 Å². The summed E-state index contributed by atoms with van der Waals surface area (Å²) in [5.74, 6) is 1.03. The van der Waals surface area contributed by atoms with Crippen LogP contribution in [-0.2, 0) is 0 Å². The third-order valence-electron chi connectivity index (χ3n) is 5.34. The van der Waals surface area contributed by atoms with Gasteiger partial charge < -0.3 is 0 Å². The van der Waals surface area contributed by atoms with Crippen molar-refractivity contribution in [2.45, 2.75) is 64.0 Å². The summed E-state index contributed by atoms with van der Waals surface area (Å²) in [7, 11) is 0. The van der Waals surface area contributed by atoms with Gasteiger partial charge in [-0.3, -0.25) is 9.80 Å². The summed E-state index contributed by atoms with van der Waals surface area (Å²) < 4.78 is 0. The van der Waals surface area contributed by atoms with Crippen LogP contribution in [0.3, 0.4) is 0 Å². The standard InChI is InChI=1S/C15H28N2/c1-2-14-11-16-9-5-8-15(16)12-17(14)10-13-6-3-4-7-13/h13-15H,2-12H2,1H3. The number of hydrogen-bond donors (Lipinski definition) is 0. The molecule has 17 heavy (non-hydrogen) atoms. The molecule has 2 unspecified atom stereocenters. The van der Waals surface area contributed by atoms with E-state index in [4.69, 9.17) is 0 Å². The lowest BCUT2D eigenvalue weighted by molar-refractivity contribution is 0.0388. The van der Waals surface area contributed by atoms with Crippen LogP contribution in [0.5, 0.6) is 0 Å². The average Bonchev–Trinajstić information content (AvgIpc) is 2.98. The Kier molecular flexibility index (Phi) is 3.72. The third-order valence-corrected chi connectivity index (χ3v) is 5.34. The molecule has 0 aromatic heterocycles. The lowest BCUT2D eigenvalue weighted by atomic mass is 10.0. The largest absolute Gasteiger partial charge is 0.298 e. The smallest absolute Gasteiger partial charge is 0.0224 e. The van der Waals surface area contributed by atoms with Gasteiger partial charge in [-0.15, -0.1) is 0 Å². The molecule has 2 atom stereocenters. The minimum absolute atomic E-state index is 0.852. The van der Waals surface area contributed by atoms with E-state index < -0.39 is 0 Å². The van der Waals surface area contributed by atoms with E-state index in [0.29, 0.717) is 0 Å². The molecular weight excluding hydrogens is 208 g/mol. The van der Waals surface area contributed by atoms with Crippen LogP contribution in [0.1, 0.15) is 51.9 Å². The molecule has 1 saturated carbocycles. The fraction of sp³-hybridized carbons (Fsp3) is 1.00. The van der Waals surface area contributed by atoms with Crippen LogP contribution in [0.4, 0.5) is 0 Å². The van der Waals surface area contributed by atoms with Crippen LogP contribution in [-0.4, -0.2) is 48.1 Å². The minimum Gasteiger partial charge on any atom is -0.298 e. The minimum atomic E-state index is 0.852. The van der Waals surface area contributed by atoms with Gasteiger partial charge in [-0.25, -0.2) is 0 Å². The maximum Gasteiger partial charge on any atom is 0.0224 e.